The summed E-state index contributed by atoms with van der Waals surface area (Å²) in [6, 6.07) is 4.90. The summed E-state index contributed by atoms with van der Waals surface area (Å²) in [5.41, 5.74) is 5.61. The van der Waals surface area contributed by atoms with Crippen LogP contribution >= 0.6 is 0 Å². The van der Waals surface area contributed by atoms with Crippen molar-refractivity contribution < 1.29 is 14.6 Å². The van der Waals surface area contributed by atoms with E-state index in [0.717, 1.165) is 0 Å². The van der Waals surface area contributed by atoms with Gasteiger partial charge in [-0.25, -0.2) is 0 Å². The molecule has 0 fully saturated rings. The smallest absolute Gasteiger partial charge is 0.257 e. The molecule has 1 rings (SSSR count). The second kappa shape index (κ2) is 5.27. The summed E-state index contributed by atoms with van der Waals surface area (Å²) in [6.45, 7) is 3.52. The van der Waals surface area contributed by atoms with Crippen molar-refractivity contribution in [3.63, 3.8) is 0 Å². The predicted molar refractivity (Wildman–Crippen MR) is 70.7 cm³/mol. The predicted octanol–water partition coefficient (Wildman–Crippen LogP) is 1.12. The summed E-state index contributed by atoms with van der Waals surface area (Å²) in [6.07, 6.45) is 0. The van der Waals surface area contributed by atoms with Crippen molar-refractivity contribution in [1.82, 2.24) is 4.90 Å². The first-order valence-electron chi connectivity index (χ1n) is 5.66. The van der Waals surface area contributed by atoms with E-state index < -0.39 is 5.60 Å². The summed E-state index contributed by atoms with van der Waals surface area (Å²) < 4.78 is 5.14. The van der Waals surface area contributed by atoms with Crippen LogP contribution in [-0.2, 0) is 0 Å². The highest BCUT2D eigenvalue weighted by Gasteiger charge is 2.22. The molecule has 0 aliphatic carbocycles. The Morgan fingerprint density at radius 2 is 2.11 bits per heavy atom. The van der Waals surface area contributed by atoms with Gasteiger partial charge in [-0.1, -0.05) is 0 Å². The molecule has 0 heterocycles. The molecule has 0 aliphatic heterocycles. The van der Waals surface area contributed by atoms with Crippen LogP contribution in [-0.4, -0.2) is 42.2 Å². The fourth-order valence-electron chi connectivity index (χ4n) is 1.75. The van der Waals surface area contributed by atoms with Crippen LogP contribution in [0.1, 0.15) is 24.2 Å². The maximum Gasteiger partial charge on any atom is 0.257 e. The molecule has 18 heavy (non-hydrogen) atoms. The number of amides is 1. The van der Waals surface area contributed by atoms with Gasteiger partial charge in [0.05, 0.1) is 18.3 Å². The zero-order valence-corrected chi connectivity index (χ0v) is 11.2. The van der Waals surface area contributed by atoms with E-state index in [-0.39, 0.29) is 12.5 Å². The van der Waals surface area contributed by atoms with Crippen molar-refractivity contribution >= 4 is 11.6 Å². The zero-order chi connectivity index (χ0) is 13.9. The van der Waals surface area contributed by atoms with Gasteiger partial charge in [0.1, 0.15) is 5.75 Å². The van der Waals surface area contributed by atoms with Gasteiger partial charge in [0.2, 0.25) is 0 Å². The van der Waals surface area contributed by atoms with Crippen LogP contribution in [0.5, 0.6) is 5.75 Å². The molecular weight excluding hydrogens is 232 g/mol. The molecule has 0 aliphatic rings. The number of benzene rings is 1. The van der Waals surface area contributed by atoms with Crippen molar-refractivity contribution in [2.24, 2.45) is 0 Å². The SMILES string of the molecule is COc1ccc(N)cc1C(=O)N(C)CC(C)(C)O. The first-order chi connectivity index (χ1) is 8.24. The van der Waals surface area contributed by atoms with Gasteiger partial charge < -0.3 is 20.5 Å². The molecule has 0 atom stereocenters. The average molecular weight is 252 g/mol. The number of aliphatic hydroxyl groups is 1. The minimum Gasteiger partial charge on any atom is -0.496 e. The van der Waals surface area contributed by atoms with Gasteiger partial charge in [0.25, 0.3) is 5.91 Å². The van der Waals surface area contributed by atoms with E-state index in [1.165, 1.54) is 12.0 Å². The Balaban J connectivity index is 2.99. The number of nitrogens with zero attached hydrogens (tertiary/aromatic N) is 1. The molecule has 100 valence electrons. The Kier molecular flexibility index (Phi) is 4.19. The Morgan fingerprint density at radius 3 is 2.61 bits per heavy atom. The van der Waals surface area contributed by atoms with Crippen LogP contribution in [0.15, 0.2) is 18.2 Å². The fourth-order valence-corrected chi connectivity index (χ4v) is 1.75. The van der Waals surface area contributed by atoms with E-state index in [0.29, 0.717) is 17.0 Å². The van der Waals surface area contributed by atoms with Gasteiger partial charge in [-0.05, 0) is 32.0 Å². The normalized spacial score (nSPS) is 11.2. The summed E-state index contributed by atoms with van der Waals surface area (Å²) >= 11 is 0. The number of rotatable bonds is 4. The molecule has 0 unspecified atom stereocenters. The molecule has 3 N–H and O–H groups in total. The molecular formula is C13H20N2O3. The third kappa shape index (κ3) is 3.63. The second-order valence-corrected chi connectivity index (χ2v) is 4.93. The van der Waals surface area contributed by atoms with Crippen molar-refractivity contribution in [3.05, 3.63) is 23.8 Å². The third-order valence-electron chi connectivity index (χ3n) is 2.42. The molecule has 0 saturated carbocycles. The Labute approximate surface area is 107 Å². The third-order valence-corrected chi connectivity index (χ3v) is 2.42. The van der Waals surface area contributed by atoms with E-state index in [1.54, 1.807) is 39.1 Å². The van der Waals surface area contributed by atoms with Crippen LogP contribution in [0.25, 0.3) is 0 Å². The lowest BCUT2D eigenvalue weighted by atomic mass is 10.1. The highest BCUT2D eigenvalue weighted by molar-refractivity contribution is 5.97. The summed E-state index contributed by atoms with van der Waals surface area (Å²) in [7, 11) is 3.13. The molecule has 0 aromatic heterocycles. The number of likely N-dealkylation sites (N-methyl/N-ethyl adjacent to an activating group) is 1. The van der Waals surface area contributed by atoms with Crippen LogP contribution in [0, 0.1) is 0 Å². The lowest BCUT2D eigenvalue weighted by Gasteiger charge is -2.26. The van der Waals surface area contributed by atoms with Crippen molar-refractivity contribution in [2.45, 2.75) is 19.4 Å². The molecule has 0 bridgehead atoms. The van der Waals surface area contributed by atoms with Crippen LogP contribution in [0.4, 0.5) is 5.69 Å². The molecule has 5 nitrogen and oxygen atoms in total. The van der Waals surface area contributed by atoms with Crippen molar-refractivity contribution in [3.8, 4) is 5.75 Å². The quantitative estimate of drug-likeness (QED) is 0.787. The lowest BCUT2D eigenvalue weighted by molar-refractivity contribution is 0.0366. The molecule has 1 aromatic carbocycles. The number of nitrogens with two attached hydrogens (primary N) is 1. The maximum atomic E-state index is 12.2. The monoisotopic (exact) mass is 252 g/mol. The molecule has 0 spiro atoms. The number of methoxy groups -OCH3 is 1. The Hall–Kier alpha value is -1.75. The van der Waals surface area contributed by atoms with Gasteiger partial charge in [-0.3, -0.25) is 4.79 Å². The minimum atomic E-state index is -0.946. The Bertz CT molecular complexity index is 438. The van der Waals surface area contributed by atoms with E-state index in [1.807, 2.05) is 0 Å². The molecule has 5 heteroatoms. The van der Waals surface area contributed by atoms with E-state index >= 15 is 0 Å². The fraction of sp³-hybridized carbons (Fsp3) is 0.462. The largest absolute Gasteiger partial charge is 0.496 e. The first kappa shape index (κ1) is 14.3. The average Bonchev–Trinajstić information content (AvgIpc) is 2.25. The van der Waals surface area contributed by atoms with Gasteiger partial charge >= 0.3 is 0 Å². The first-order valence-corrected chi connectivity index (χ1v) is 5.66. The number of ether oxygens (including phenoxy) is 1. The number of hydrogen-bond donors (Lipinski definition) is 2. The standard InChI is InChI=1S/C13H20N2O3/c1-13(2,17)8-15(3)12(16)10-7-9(14)5-6-11(10)18-4/h5-7,17H,8,14H2,1-4H3. The number of hydrogen-bond acceptors (Lipinski definition) is 4. The Morgan fingerprint density at radius 1 is 1.50 bits per heavy atom. The number of carbonyl (C=O) groups is 1. The molecule has 0 radical (unpaired) electrons. The number of carbonyl (C=O) groups excluding carboxylic acids is 1. The highest BCUT2D eigenvalue weighted by Crippen LogP contribution is 2.22. The van der Waals surface area contributed by atoms with Crippen LogP contribution in [0.3, 0.4) is 0 Å². The summed E-state index contributed by atoms with van der Waals surface area (Å²) in [5, 5.41) is 9.72. The molecule has 0 saturated heterocycles. The summed E-state index contributed by atoms with van der Waals surface area (Å²) in [4.78, 5) is 13.7. The summed E-state index contributed by atoms with van der Waals surface area (Å²) in [5.74, 6) is 0.234. The van der Waals surface area contributed by atoms with Gasteiger partial charge in [0.15, 0.2) is 0 Å². The van der Waals surface area contributed by atoms with E-state index in [4.69, 9.17) is 10.5 Å². The van der Waals surface area contributed by atoms with Crippen molar-refractivity contribution in [2.75, 3.05) is 26.4 Å². The van der Waals surface area contributed by atoms with Gasteiger partial charge in [0, 0.05) is 19.3 Å². The highest BCUT2D eigenvalue weighted by atomic mass is 16.5. The zero-order valence-electron chi connectivity index (χ0n) is 11.2. The minimum absolute atomic E-state index is 0.226. The second-order valence-electron chi connectivity index (χ2n) is 4.93. The van der Waals surface area contributed by atoms with E-state index in [2.05, 4.69) is 0 Å². The van der Waals surface area contributed by atoms with Gasteiger partial charge in [-0.15, -0.1) is 0 Å². The van der Waals surface area contributed by atoms with Crippen LogP contribution < -0.4 is 10.5 Å². The number of nitrogen functional groups attached to an aromatic ring is 1. The van der Waals surface area contributed by atoms with Crippen molar-refractivity contribution in [1.29, 1.82) is 0 Å². The van der Waals surface area contributed by atoms with E-state index in [9.17, 15) is 9.90 Å². The molecule has 1 aromatic rings. The molecule has 1 amide bonds. The maximum absolute atomic E-state index is 12.2. The topological polar surface area (TPSA) is 75.8 Å². The van der Waals surface area contributed by atoms with Gasteiger partial charge in [-0.2, -0.15) is 0 Å². The van der Waals surface area contributed by atoms with Crippen LogP contribution in [0.2, 0.25) is 0 Å². The number of anilines is 1. The lowest BCUT2D eigenvalue weighted by Crippen LogP contribution is -2.39.